The molecule has 8 nitrogen and oxygen atoms in total. The van der Waals surface area contributed by atoms with E-state index in [1.165, 1.54) is 16.8 Å². The highest BCUT2D eigenvalue weighted by Crippen LogP contribution is 2.18. The molecular formula is C21H22N6O2. The van der Waals surface area contributed by atoms with E-state index in [0.29, 0.717) is 29.1 Å². The summed E-state index contributed by atoms with van der Waals surface area (Å²) in [5, 5.41) is 9.95. The zero-order valence-corrected chi connectivity index (χ0v) is 16.5. The van der Waals surface area contributed by atoms with Crippen molar-refractivity contribution in [2.24, 2.45) is 0 Å². The number of amides is 1. The number of nitrogens with one attached hydrogen (secondary N) is 2. The molecule has 29 heavy (non-hydrogen) atoms. The predicted molar refractivity (Wildman–Crippen MR) is 110 cm³/mol. The van der Waals surface area contributed by atoms with Crippen molar-refractivity contribution in [3.05, 3.63) is 81.7 Å². The topological polar surface area (TPSA) is 97.1 Å². The lowest BCUT2D eigenvalue weighted by molar-refractivity contribution is 0.102. The molecule has 1 aromatic carbocycles. The van der Waals surface area contributed by atoms with E-state index in [0.717, 1.165) is 11.3 Å². The number of carbonyl (C=O) groups excluding carboxylic acids is 1. The van der Waals surface area contributed by atoms with Crippen LogP contribution in [0.25, 0.3) is 5.65 Å². The van der Waals surface area contributed by atoms with Gasteiger partial charge in [0, 0.05) is 42.3 Å². The second-order valence-electron chi connectivity index (χ2n) is 7.24. The molecule has 4 rings (SSSR count). The van der Waals surface area contributed by atoms with Crippen LogP contribution in [0.5, 0.6) is 0 Å². The zero-order chi connectivity index (χ0) is 20.5. The van der Waals surface area contributed by atoms with Gasteiger partial charge >= 0.3 is 0 Å². The van der Waals surface area contributed by atoms with Gasteiger partial charge in [0.05, 0.1) is 5.69 Å². The molecule has 0 aliphatic carbocycles. The maximum absolute atomic E-state index is 12.8. The van der Waals surface area contributed by atoms with Gasteiger partial charge in [0.2, 0.25) is 0 Å². The number of aromatic amines is 1. The number of fused-ring (bicyclic) bond motifs is 1. The second-order valence-corrected chi connectivity index (χ2v) is 7.24. The molecule has 8 heteroatoms. The van der Waals surface area contributed by atoms with Crippen LogP contribution in [-0.4, -0.2) is 30.3 Å². The molecule has 0 aliphatic rings. The molecule has 0 unspecified atom stereocenters. The molecule has 0 aliphatic heterocycles. The fourth-order valence-electron chi connectivity index (χ4n) is 3.20. The average Bonchev–Trinajstić information content (AvgIpc) is 3.30. The first-order valence-electron chi connectivity index (χ1n) is 9.40. The van der Waals surface area contributed by atoms with Crippen LogP contribution in [0.4, 0.5) is 5.69 Å². The van der Waals surface area contributed by atoms with E-state index < -0.39 is 0 Å². The van der Waals surface area contributed by atoms with Crippen LogP contribution < -0.4 is 10.9 Å². The third-order valence-electron chi connectivity index (χ3n) is 4.95. The highest BCUT2D eigenvalue weighted by atomic mass is 16.2. The normalized spacial score (nSPS) is 12.2. The number of anilines is 1. The summed E-state index contributed by atoms with van der Waals surface area (Å²) in [5.41, 5.74) is 3.80. The first-order chi connectivity index (χ1) is 13.9. The molecule has 0 radical (unpaired) electrons. The van der Waals surface area contributed by atoms with E-state index in [4.69, 9.17) is 0 Å². The number of aromatic nitrogens is 5. The second kappa shape index (κ2) is 7.38. The third-order valence-corrected chi connectivity index (χ3v) is 4.95. The Morgan fingerprint density at radius 1 is 1.21 bits per heavy atom. The highest BCUT2D eigenvalue weighted by molar-refractivity contribution is 6.08. The smallest absolute Gasteiger partial charge is 0.272 e. The Morgan fingerprint density at radius 3 is 2.66 bits per heavy atom. The maximum atomic E-state index is 12.8. The molecule has 1 atom stereocenters. The van der Waals surface area contributed by atoms with Crippen molar-refractivity contribution < 1.29 is 4.79 Å². The zero-order valence-electron chi connectivity index (χ0n) is 16.5. The maximum Gasteiger partial charge on any atom is 0.272 e. The van der Waals surface area contributed by atoms with Crippen molar-refractivity contribution in [1.82, 2.24) is 24.4 Å². The van der Waals surface area contributed by atoms with Crippen LogP contribution in [0, 0.1) is 13.8 Å². The van der Waals surface area contributed by atoms with Crippen LogP contribution in [-0.2, 0) is 6.54 Å². The number of hydrogen-bond acceptors (Lipinski definition) is 4. The van der Waals surface area contributed by atoms with Gasteiger partial charge in [-0.05, 0) is 32.0 Å². The predicted octanol–water partition coefficient (Wildman–Crippen LogP) is 2.89. The summed E-state index contributed by atoms with van der Waals surface area (Å²) in [6.07, 6.45) is 3.24. The Morgan fingerprint density at radius 2 is 1.97 bits per heavy atom. The Balaban J connectivity index is 1.65. The highest BCUT2D eigenvalue weighted by Gasteiger charge is 2.18. The van der Waals surface area contributed by atoms with Crippen LogP contribution in [0.15, 0.2) is 53.6 Å². The SMILES string of the molecule is Cc1ccc(NC(=O)c2c[nH]n3c(=O)cc([C@@H](C)Cn4nccc4C)nc23)cc1. The molecule has 0 bridgehead atoms. The minimum absolute atomic E-state index is 0.0470. The quantitative estimate of drug-likeness (QED) is 0.548. The van der Waals surface area contributed by atoms with E-state index in [1.54, 1.807) is 6.20 Å². The molecule has 3 aromatic heterocycles. The third kappa shape index (κ3) is 3.69. The van der Waals surface area contributed by atoms with Crippen molar-refractivity contribution >= 4 is 17.2 Å². The molecule has 0 saturated heterocycles. The van der Waals surface area contributed by atoms with Crippen LogP contribution in [0.3, 0.4) is 0 Å². The van der Waals surface area contributed by atoms with Crippen LogP contribution in [0.1, 0.15) is 40.2 Å². The van der Waals surface area contributed by atoms with Gasteiger partial charge in [-0.3, -0.25) is 19.4 Å². The van der Waals surface area contributed by atoms with Gasteiger partial charge in [0.1, 0.15) is 5.56 Å². The number of benzene rings is 1. The Labute approximate surface area is 167 Å². The number of H-pyrrole nitrogens is 1. The van der Waals surface area contributed by atoms with E-state index >= 15 is 0 Å². The summed E-state index contributed by atoms with van der Waals surface area (Å²) in [6, 6.07) is 10.9. The summed E-state index contributed by atoms with van der Waals surface area (Å²) < 4.78 is 3.15. The molecule has 0 spiro atoms. The molecule has 3 heterocycles. The largest absolute Gasteiger partial charge is 0.322 e. The number of rotatable bonds is 5. The van der Waals surface area contributed by atoms with Gasteiger partial charge in [-0.1, -0.05) is 24.6 Å². The van der Waals surface area contributed by atoms with Gasteiger partial charge in [-0.15, -0.1) is 0 Å². The monoisotopic (exact) mass is 390 g/mol. The Hall–Kier alpha value is -3.68. The Bertz CT molecular complexity index is 1230. The first kappa shape index (κ1) is 18.7. The molecule has 0 fully saturated rings. The first-order valence-corrected chi connectivity index (χ1v) is 9.40. The molecule has 148 valence electrons. The summed E-state index contributed by atoms with van der Waals surface area (Å²) in [5.74, 6) is -0.374. The van der Waals surface area contributed by atoms with E-state index in [2.05, 4.69) is 20.5 Å². The van der Waals surface area contributed by atoms with E-state index in [9.17, 15) is 9.59 Å². The van der Waals surface area contributed by atoms with Crippen LogP contribution in [0.2, 0.25) is 0 Å². The molecule has 2 N–H and O–H groups in total. The van der Waals surface area contributed by atoms with Crippen molar-refractivity contribution in [3.63, 3.8) is 0 Å². The summed E-state index contributed by atoms with van der Waals surface area (Å²) >= 11 is 0. The average molecular weight is 390 g/mol. The minimum atomic E-state index is -0.327. The van der Waals surface area contributed by atoms with Crippen molar-refractivity contribution in [1.29, 1.82) is 0 Å². The van der Waals surface area contributed by atoms with E-state index in [1.807, 2.05) is 55.8 Å². The van der Waals surface area contributed by atoms with E-state index in [-0.39, 0.29) is 17.4 Å². The lowest BCUT2D eigenvalue weighted by Gasteiger charge is -2.12. The van der Waals surface area contributed by atoms with Crippen molar-refractivity contribution in [2.45, 2.75) is 33.2 Å². The molecule has 0 saturated carbocycles. The summed E-state index contributed by atoms with van der Waals surface area (Å²) in [6.45, 7) is 6.54. The molecule has 4 aromatic rings. The molecular weight excluding hydrogens is 368 g/mol. The summed E-state index contributed by atoms with van der Waals surface area (Å²) in [7, 11) is 0. The van der Waals surface area contributed by atoms with Gasteiger partial charge < -0.3 is 5.32 Å². The van der Waals surface area contributed by atoms with Gasteiger partial charge in [0.15, 0.2) is 5.65 Å². The minimum Gasteiger partial charge on any atom is -0.322 e. The lowest BCUT2D eigenvalue weighted by atomic mass is 10.1. The lowest BCUT2D eigenvalue weighted by Crippen LogP contribution is -2.20. The van der Waals surface area contributed by atoms with Gasteiger partial charge in [-0.2, -0.15) is 5.10 Å². The number of aryl methyl sites for hydroxylation is 2. The van der Waals surface area contributed by atoms with Gasteiger partial charge in [0.25, 0.3) is 11.5 Å². The standard InChI is InChI=1S/C21H22N6O2/c1-13-4-6-16(7-5-13)24-21(29)17-11-23-27-19(28)10-18(25-20(17)27)14(2)12-26-15(3)8-9-22-26/h4-11,14,23H,12H2,1-3H3,(H,24,29)/t14-/m0/s1. The summed E-state index contributed by atoms with van der Waals surface area (Å²) in [4.78, 5) is 29.9. The Kier molecular flexibility index (Phi) is 4.75. The number of hydrogen-bond donors (Lipinski definition) is 2. The van der Waals surface area contributed by atoms with Gasteiger partial charge in [-0.25, -0.2) is 9.50 Å². The fraction of sp³-hybridized carbons (Fsp3) is 0.238. The number of carbonyl (C=O) groups is 1. The van der Waals surface area contributed by atoms with Crippen molar-refractivity contribution in [2.75, 3.05) is 5.32 Å². The van der Waals surface area contributed by atoms with Crippen LogP contribution >= 0.6 is 0 Å². The molecule has 1 amide bonds. The van der Waals surface area contributed by atoms with Crippen molar-refractivity contribution in [3.8, 4) is 0 Å². The fourth-order valence-corrected chi connectivity index (χ4v) is 3.20. The number of nitrogens with zero attached hydrogens (tertiary/aromatic N) is 4.